The Morgan fingerprint density at radius 1 is 1.09 bits per heavy atom. The summed E-state index contributed by atoms with van der Waals surface area (Å²) >= 11 is 0. The molecule has 0 bridgehead atoms. The summed E-state index contributed by atoms with van der Waals surface area (Å²) in [6.07, 6.45) is 0.625. The minimum absolute atomic E-state index is 0.0142. The first-order valence-electron chi connectivity index (χ1n) is 8.10. The van der Waals surface area contributed by atoms with Gasteiger partial charge in [0, 0.05) is 12.5 Å². The highest BCUT2D eigenvalue weighted by Crippen LogP contribution is 2.20. The van der Waals surface area contributed by atoms with Crippen LogP contribution < -0.4 is 5.32 Å². The summed E-state index contributed by atoms with van der Waals surface area (Å²) in [5.41, 5.74) is 3.35. The van der Waals surface area contributed by atoms with Gasteiger partial charge in [-0.25, -0.2) is 0 Å². The van der Waals surface area contributed by atoms with Crippen LogP contribution in [0, 0.1) is 6.92 Å². The Bertz CT molecular complexity index is 605. The van der Waals surface area contributed by atoms with Crippen LogP contribution in [0.15, 0.2) is 54.6 Å². The topological polar surface area (TPSA) is 49.3 Å². The zero-order valence-electron chi connectivity index (χ0n) is 13.8. The SMILES string of the molecule is Cc1ccc(CC(=O)NCC(CC(C)O)c2ccccc2)cc1. The minimum atomic E-state index is -0.394. The number of aryl methyl sites for hydroxylation is 1. The molecular formula is C20H25NO2. The van der Waals surface area contributed by atoms with Crippen LogP contribution in [0.3, 0.4) is 0 Å². The molecule has 0 spiro atoms. The van der Waals surface area contributed by atoms with E-state index in [0.29, 0.717) is 19.4 Å². The number of hydrogen-bond donors (Lipinski definition) is 2. The number of rotatable bonds is 7. The third-order valence-corrected chi connectivity index (χ3v) is 3.93. The molecule has 23 heavy (non-hydrogen) atoms. The number of aliphatic hydroxyl groups is 1. The van der Waals surface area contributed by atoms with Crippen LogP contribution in [0.2, 0.25) is 0 Å². The Balaban J connectivity index is 1.92. The first kappa shape index (κ1) is 17.2. The normalized spacial score (nSPS) is 13.3. The number of carbonyl (C=O) groups is 1. The maximum absolute atomic E-state index is 12.1. The van der Waals surface area contributed by atoms with Gasteiger partial charge in [0.2, 0.25) is 5.91 Å². The van der Waals surface area contributed by atoms with E-state index >= 15 is 0 Å². The van der Waals surface area contributed by atoms with Gasteiger partial charge in [0.05, 0.1) is 12.5 Å². The van der Waals surface area contributed by atoms with Gasteiger partial charge in [-0.3, -0.25) is 4.79 Å². The fraction of sp³-hybridized carbons (Fsp3) is 0.350. The number of aliphatic hydroxyl groups excluding tert-OH is 1. The molecule has 0 radical (unpaired) electrons. The first-order valence-corrected chi connectivity index (χ1v) is 8.10. The molecule has 2 N–H and O–H groups in total. The number of amides is 1. The molecule has 2 rings (SSSR count). The Morgan fingerprint density at radius 3 is 2.35 bits per heavy atom. The zero-order valence-corrected chi connectivity index (χ0v) is 13.8. The van der Waals surface area contributed by atoms with Crippen molar-refractivity contribution in [3.8, 4) is 0 Å². The number of benzene rings is 2. The molecule has 0 saturated carbocycles. The van der Waals surface area contributed by atoms with Crippen molar-refractivity contribution in [2.24, 2.45) is 0 Å². The van der Waals surface area contributed by atoms with Gasteiger partial charge < -0.3 is 10.4 Å². The van der Waals surface area contributed by atoms with E-state index < -0.39 is 6.10 Å². The van der Waals surface area contributed by atoms with Crippen molar-refractivity contribution in [3.05, 3.63) is 71.3 Å². The molecule has 2 unspecified atom stereocenters. The Hall–Kier alpha value is -2.13. The summed E-state index contributed by atoms with van der Waals surface area (Å²) in [4.78, 5) is 12.1. The summed E-state index contributed by atoms with van der Waals surface area (Å²) in [5, 5.41) is 12.7. The van der Waals surface area contributed by atoms with E-state index in [4.69, 9.17) is 0 Å². The summed E-state index contributed by atoms with van der Waals surface area (Å²) in [6, 6.07) is 18.0. The molecule has 0 aliphatic heterocycles. The predicted molar refractivity (Wildman–Crippen MR) is 93.4 cm³/mol. The molecule has 2 atom stereocenters. The molecule has 0 aromatic heterocycles. The molecular weight excluding hydrogens is 286 g/mol. The highest BCUT2D eigenvalue weighted by molar-refractivity contribution is 5.78. The molecule has 122 valence electrons. The minimum Gasteiger partial charge on any atom is -0.393 e. The van der Waals surface area contributed by atoms with E-state index in [1.165, 1.54) is 5.56 Å². The lowest BCUT2D eigenvalue weighted by molar-refractivity contribution is -0.120. The molecule has 1 amide bonds. The second-order valence-corrected chi connectivity index (χ2v) is 6.16. The lowest BCUT2D eigenvalue weighted by atomic mass is 9.93. The lowest BCUT2D eigenvalue weighted by Gasteiger charge is -2.19. The maximum atomic E-state index is 12.1. The predicted octanol–water partition coefficient (Wildman–Crippen LogP) is 3.21. The second-order valence-electron chi connectivity index (χ2n) is 6.16. The van der Waals surface area contributed by atoms with E-state index in [1.54, 1.807) is 6.92 Å². The van der Waals surface area contributed by atoms with Crippen molar-refractivity contribution in [1.82, 2.24) is 5.32 Å². The van der Waals surface area contributed by atoms with Crippen LogP contribution in [-0.4, -0.2) is 23.7 Å². The molecule has 0 heterocycles. The fourth-order valence-electron chi connectivity index (χ4n) is 2.67. The third-order valence-electron chi connectivity index (χ3n) is 3.93. The molecule has 2 aromatic rings. The van der Waals surface area contributed by atoms with Gasteiger partial charge in [-0.15, -0.1) is 0 Å². The van der Waals surface area contributed by atoms with Crippen molar-refractivity contribution in [2.75, 3.05) is 6.54 Å². The van der Waals surface area contributed by atoms with Crippen LogP contribution in [0.5, 0.6) is 0 Å². The molecule has 2 aromatic carbocycles. The third kappa shape index (κ3) is 5.87. The van der Waals surface area contributed by atoms with Crippen LogP contribution in [-0.2, 0) is 11.2 Å². The average Bonchev–Trinajstić information content (AvgIpc) is 2.54. The summed E-state index contributed by atoms with van der Waals surface area (Å²) in [6.45, 7) is 4.36. The van der Waals surface area contributed by atoms with Gasteiger partial charge in [-0.2, -0.15) is 0 Å². The van der Waals surface area contributed by atoms with Crippen LogP contribution in [0.25, 0.3) is 0 Å². The number of nitrogens with one attached hydrogen (secondary N) is 1. The van der Waals surface area contributed by atoms with Gasteiger partial charge >= 0.3 is 0 Å². The maximum Gasteiger partial charge on any atom is 0.224 e. The highest BCUT2D eigenvalue weighted by atomic mass is 16.3. The Kier molecular flexibility index (Phi) is 6.36. The van der Waals surface area contributed by atoms with E-state index in [2.05, 4.69) is 5.32 Å². The van der Waals surface area contributed by atoms with Gasteiger partial charge in [-0.1, -0.05) is 60.2 Å². The van der Waals surface area contributed by atoms with Crippen molar-refractivity contribution in [1.29, 1.82) is 0 Å². The van der Waals surface area contributed by atoms with E-state index in [-0.39, 0.29) is 11.8 Å². The molecule has 3 heteroatoms. The first-order chi connectivity index (χ1) is 11.0. The van der Waals surface area contributed by atoms with Crippen molar-refractivity contribution in [3.63, 3.8) is 0 Å². The summed E-state index contributed by atoms with van der Waals surface area (Å²) in [5.74, 6) is 0.138. The van der Waals surface area contributed by atoms with Gasteiger partial charge in [0.1, 0.15) is 0 Å². The van der Waals surface area contributed by atoms with Crippen molar-refractivity contribution < 1.29 is 9.90 Å². The van der Waals surface area contributed by atoms with Crippen molar-refractivity contribution in [2.45, 2.75) is 38.7 Å². The number of hydrogen-bond acceptors (Lipinski definition) is 2. The van der Waals surface area contributed by atoms with E-state index in [1.807, 2.05) is 61.5 Å². The molecule has 0 aliphatic rings. The van der Waals surface area contributed by atoms with Crippen molar-refractivity contribution >= 4 is 5.91 Å². The smallest absolute Gasteiger partial charge is 0.224 e. The van der Waals surface area contributed by atoms with Gasteiger partial charge in [-0.05, 0) is 31.4 Å². The van der Waals surface area contributed by atoms with Gasteiger partial charge in [0.25, 0.3) is 0 Å². The monoisotopic (exact) mass is 311 g/mol. The summed E-state index contributed by atoms with van der Waals surface area (Å²) < 4.78 is 0. The molecule has 0 aliphatic carbocycles. The summed E-state index contributed by atoms with van der Waals surface area (Å²) in [7, 11) is 0. The molecule has 0 fully saturated rings. The zero-order chi connectivity index (χ0) is 16.7. The van der Waals surface area contributed by atoms with Crippen LogP contribution in [0.4, 0.5) is 0 Å². The Morgan fingerprint density at radius 2 is 1.74 bits per heavy atom. The van der Waals surface area contributed by atoms with Crippen LogP contribution >= 0.6 is 0 Å². The lowest BCUT2D eigenvalue weighted by Crippen LogP contribution is -2.30. The fourth-order valence-corrected chi connectivity index (χ4v) is 2.67. The highest BCUT2D eigenvalue weighted by Gasteiger charge is 2.15. The standard InChI is InChI=1S/C20H25NO2/c1-15-8-10-17(11-9-15)13-20(23)21-14-19(12-16(2)22)18-6-4-3-5-7-18/h3-11,16,19,22H,12-14H2,1-2H3,(H,21,23). The molecule has 3 nitrogen and oxygen atoms in total. The average molecular weight is 311 g/mol. The van der Waals surface area contributed by atoms with E-state index in [9.17, 15) is 9.90 Å². The van der Waals surface area contributed by atoms with Crippen LogP contribution in [0.1, 0.15) is 36.0 Å². The Labute approximate surface area is 138 Å². The second kappa shape index (κ2) is 8.49. The van der Waals surface area contributed by atoms with Gasteiger partial charge in [0.15, 0.2) is 0 Å². The quantitative estimate of drug-likeness (QED) is 0.825. The van der Waals surface area contributed by atoms with E-state index in [0.717, 1.165) is 11.1 Å². The number of carbonyl (C=O) groups excluding carboxylic acids is 1. The largest absolute Gasteiger partial charge is 0.393 e. The molecule has 0 saturated heterocycles.